The third-order valence-electron chi connectivity index (χ3n) is 4.80. The number of hydrogen-bond donors (Lipinski definition) is 2. The van der Waals surface area contributed by atoms with Crippen LogP contribution in [0.4, 0.5) is 0 Å². The highest BCUT2D eigenvalue weighted by Crippen LogP contribution is 2.35. The van der Waals surface area contributed by atoms with Crippen molar-refractivity contribution in [2.75, 3.05) is 13.6 Å². The minimum Gasteiger partial charge on any atom is -0.508 e. The Hall–Kier alpha value is -2.32. The maximum Gasteiger partial charge on any atom is 0.115 e. The molecule has 3 rings (SSSR count). The van der Waals surface area contributed by atoms with Gasteiger partial charge in [0, 0.05) is 5.92 Å². The number of likely N-dealkylation sites (N-methyl/N-ethyl adjacent to an activating group) is 1. The monoisotopic (exact) mass is 363 g/mol. The summed E-state index contributed by atoms with van der Waals surface area (Å²) >= 11 is 0. The number of benzene rings is 2. The molecule has 0 bridgehead atoms. The molecule has 1 aliphatic carbocycles. The Bertz CT molecular complexity index is 718. The van der Waals surface area contributed by atoms with Gasteiger partial charge >= 0.3 is 0 Å². The number of nitrogens with one attached hydrogen (secondary N) is 1. The summed E-state index contributed by atoms with van der Waals surface area (Å²) < 4.78 is 0. The zero-order chi connectivity index (χ0) is 19.3. The molecular weight excluding hydrogens is 330 g/mol. The lowest BCUT2D eigenvalue weighted by Crippen LogP contribution is -2.09. The molecule has 2 aromatic carbocycles. The summed E-state index contributed by atoms with van der Waals surface area (Å²) in [5.74, 6) is 0.825. The first-order chi connectivity index (χ1) is 13.2. The van der Waals surface area contributed by atoms with E-state index in [2.05, 4.69) is 60.8 Å². The molecule has 1 atom stereocenters. The van der Waals surface area contributed by atoms with Crippen molar-refractivity contribution < 1.29 is 5.11 Å². The van der Waals surface area contributed by atoms with Crippen LogP contribution in [0.1, 0.15) is 49.7 Å². The summed E-state index contributed by atoms with van der Waals surface area (Å²) in [6, 6.07) is 18.2. The van der Waals surface area contributed by atoms with Gasteiger partial charge < -0.3 is 10.4 Å². The molecule has 0 spiro atoms. The van der Waals surface area contributed by atoms with Crippen molar-refractivity contribution >= 4 is 0 Å². The molecule has 0 aliphatic heterocycles. The largest absolute Gasteiger partial charge is 0.508 e. The minimum atomic E-state index is 0.367. The Balaban J connectivity index is 0.000000223. The van der Waals surface area contributed by atoms with Crippen molar-refractivity contribution in [3.05, 3.63) is 89.5 Å². The van der Waals surface area contributed by atoms with E-state index in [0.717, 1.165) is 19.4 Å². The predicted molar refractivity (Wildman–Crippen MR) is 116 cm³/mol. The SMILES string of the molecule is CC/C=C\C1=CCCCC1c1cccc(O)c1.CNCCc1ccccc1. The lowest BCUT2D eigenvalue weighted by Gasteiger charge is -2.23. The molecule has 0 saturated carbocycles. The quantitative estimate of drug-likeness (QED) is 0.659. The molecular formula is C25H33NO. The molecule has 2 heteroatoms. The molecule has 27 heavy (non-hydrogen) atoms. The highest BCUT2D eigenvalue weighted by Gasteiger charge is 2.17. The van der Waals surface area contributed by atoms with Crippen molar-refractivity contribution in [3.8, 4) is 5.75 Å². The Morgan fingerprint density at radius 3 is 2.63 bits per heavy atom. The van der Waals surface area contributed by atoms with E-state index in [1.165, 1.54) is 36.0 Å². The second-order valence-corrected chi connectivity index (χ2v) is 6.93. The van der Waals surface area contributed by atoms with E-state index in [0.29, 0.717) is 11.7 Å². The number of rotatable bonds is 6. The van der Waals surface area contributed by atoms with Gasteiger partial charge in [0.2, 0.25) is 0 Å². The summed E-state index contributed by atoms with van der Waals surface area (Å²) in [5.41, 5.74) is 4.04. The molecule has 0 aromatic heterocycles. The van der Waals surface area contributed by atoms with E-state index in [-0.39, 0.29) is 0 Å². The summed E-state index contributed by atoms with van der Waals surface area (Å²) in [7, 11) is 1.98. The number of allylic oxidation sites excluding steroid dienone is 4. The van der Waals surface area contributed by atoms with Gasteiger partial charge in [0.15, 0.2) is 0 Å². The summed E-state index contributed by atoms with van der Waals surface area (Å²) in [5, 5.41) is 12.7. The second kappa shape index (κ2) is 12.1. The molecule has 0 saturated heterocycles. The van der Waals surface area contributed by atoms with Gasteiger partial charge in [-0.2, -0.15) is 0 Å². The van der Waals surface area contributed by atoms with Crippen LogP contribution < -0.4 is 5.32 Å². The standard InChI is InChI=1S/C16H20O.C9H13N/c1-2-3-7-13-8-4-5-11-16(13)14-9-6-10-15(17)12-14;1-10-8-7-9-5-3-2-4-6-9/h3,6-10,12,16-17H,2,4-5,11H2,1H3;2-6,10H,7-8H2,1H3/b7-3-;. The minimum absolute atomic E-state index is 0.367. The zero-order valence-electron chi connectivity index (χ0n) is 16.7. The Morgan fingerprint density at radius 1 is 1.11 bits per heavy atom. The van der Waals surface area contributed by atoms with Gasteiger partial charge in [-0.05, 0) is 74.5 Å². The summed E-state index contributed by atoms with van der Waals surface area (Å²) in [4.78, 5) is 0. The lowest BCUT2D eigenvalue weighted by atomic mass is 9.82. The topological polar surface area (TPSA) is 32.3 Å². The molecule has 2 nitrogen and oxygen atoms in total. The van der Waals surface area contributed by atoms with Crippen LogP contribution in [0.25, 0.3) is 0 Å². The molecule has 0 fully saturated rings. The highest BCUT2D eigenvalue weighted by molar-refractivity contribution is 5.39. The van der Waals surface area contributed by atoms with E-state index in [9.17, 15) is 5.11 Å². The van der Waals surface area contributed by atoms with Gasteiger partial charge in [0.25, 0.3) is 0 Å². The molecule has 1 aliphatic rings. The highest BCUT2D eigenvalue weighted by atomic mass is 16.3. The average molecular weight is 364 g/mol. The van der Waals surface area contributed by atoms with Gasteiger partial charge in [0.1, 0.15) is 5.75 Å². The van der Waals surface area contributed by atoms with Crippen LogP contribution in [0.3, 0.4) is 0 Å². The Morgan fingerprint density at radius 2 is 1.93 bits per heavy atom. The third-order valence-corrected chi connectivity index (χ3v) is 4.80. The molecule has 2 N–H and O–H groups in total. The maximum atomic E-state index is 9.57. The van der Waals surface area contributed by atoms with Crippen LogP contribution >= 0.6 is 0 Å². The van der Waals surface area contributed by atoms with E-state index < -0.39 is 0 Å². The normalized spacial score (nSPS) is 16.5. The first-order valence-corrected chi connectivity index (χ1v) is 10.1. The Kier molecular flexibility index (Phi) is 9.43. The fourth-order valence-corrected chi connectivity index (χ4v) is 3.35. The number of phenolic OH excluding ortho intramolecular Hbond substituents is 1. The van der Waals surface area contributed by atoms with Crippen LogP contribution in [-0.4, -0.2) is 18.7 Å². The van der Waals surface area contributed by atoms with Crippen LogP contribution in [0, 0.1) is 0 Å². The van der Waals surface area contributed by atoms with Crippen molar-refractivity contribution in [2.45, 2.75) is 44.9 Å². The van der Waals surface area contributed by atoms with Gasteiger partial charge in [-0.25, -0.2) is 0 Å². The number of aromatic hydroxyl groups is 1. The van der Waals surface area contributed by atoms with E-state index >= 15 is 0 Å². The van der Waals surface area contributed by atoms with Crippen molar-refractivity contribution in [1.29, 1.82) is 0 Å². The van der Waals surface area contributed by atoms with Gasteiger partial charge in [-0.3, -0.25) is 0 Å². The van der Waals surface area contributed by atoms with Crippen molar-refractivity contribution in [2.24, 2.45) is 0 Å². The summed E-state index contributed by atoms with van der Waals surface area (Å²) in [6.45, 7) is 3.22. The zero-order valence-corrected chi connectivity index (χ0v) is 16.7. The van der Waals surface area contributed by atoms with E-state index in [1.807, 2.05) is 25.2 Å². The smallest absolute Gasteiger partial charge is 0.115 e. The molecule has 0 radical (unpaired) electrons. The first-order valence-electron chi connectivity index (χ1n) is 10.1. The lowest BCUT2D eigenvalue weighted by molar-refractivity contribution is 0.473. The van der Waals surface area contributed by atoms with Crippen molar-refractivity contribution in [3.63, 3.8) is 0 Å². The molecule has 144 valence electrons. The van der Waals surface area contributed by atoms with E-state index in [1.54, 1.807) is 6.07 Å². The molecule has 1 unspecified atom stereocenters. The van der Waals surface area contributed by atoms with Gasteiger partial charge in [0.05, 0.1) is 0 Å². The average Bonchev–Trinajstić information content (AvgIpc) is 2.72. The third kappa shape index (κ3) is 7.44. The van der Waals surface area contributed by atoms with Crippen molar-refractivity contribution in [1.82, 2.24) is 5.32 Å². The fraction of sp³-hybridized carbons (Fsp3) is 0.360. The predicted octanol–water partition coefficient (Wildman–Crippen LogP) is 6.00. The maximum absolute atomic E-state index is 9.57. The van der Waals surface area contributed by atoms with Gasteiger partial charge in [-0.1, -0.05) is 67.6 Å². The van der Waals surface area contributed by atoms with Crippen LogP contribution in [0.2, 0.25) is 0 Å². The first kappa shape index (κ1) is 21.0. The number of hydrogen-bond acceptors (Lipinski definition) is 2. The second-order valence-electron chi connectivity index (χ2n) is 6.93. The number of phenols is 1. The molecule has 2 aromatic rings. The van der Waals surface area contributed by atoms with Crippen LogP contribution in [0.15, 0.2) is 78.4 Å². The van der Waals surface area contributed by atoms with Crippen LogP contribution in [0.5, 0.6) is 5.75 Å². The summed E-state index contributed by atoms with van der Waals surface area (Å²) in [6.07, 6.45) is 12.6. The fourth-order valence-electron chi connectivity index (χ4n) is 3.35. The van der Waals surface area contributed by atoms with Gasteiger partial charge in [-0.15, -0.1) is 0 Å². The Labute approximate surface area is 164 Å². The molecule has 0 heterocycles. The molecule has 0 amide bonds. The van der Waals surface area contributed by atoms with Crippen LogP contribution in [-0.2, 0) is 6.42 Å². The van der Waals surface area contributed by atoms with E-state index in [4.69, 9.17) is 0 Å².